The molecule has 0 amide bonds. The molecule has 0 heterocycles. The van der Waals surface area contributed by atoms with Gasteiger partial charge in [-0.3, -0.25) is 10.1 Å². The molecule has 0 N–H and O–H groups in total. The minimum atomic E-state index is -0.811. The van der Waals surface area contributed by atoms with E-state index in [1.165, 1.54) is 25.1 Å². The molecular formula is C11H8BrNO4. The highest BCUT2D eigenvalue weighted by Crippen LogP contribution is 2.24. The summed E-state index contributed by atoms with van der Waals surface area (Å²) in [6, 6.07) is 4.06. The Bertz CT molecular complexity index is 507. The number of hydrogen-bond donors (Lipinski definition) is 0. The van der Waals surface area contributed by atoms with E-state index >= 15 is 0 Å². The summed E-state index contributed by atoms with van der Waals surface area (Å²) in [5.41, 5.74) is -0.450. The summed E-state index contributed by atoms with van der Waals surface area (Å²) in [7, 11) is 0. The van der Waals surface area contributed by atoms with Crippen molar-refractivity contribution in [2.75, 3.05) is 0 Å². The average molecular weight is 298 g/mol. The van der Waals surface area contributed by atoms with Crippen LogP contribution in [0, 0.1) is 22.5 Å². The first-order valence-electron chi connectivity index (χ1n) is 4.56. The van der Waals surface area contributed by atoms with Crippen molar-refractivity contribution in [2.45, 2.75) is 13.0 Å². The van der Waals surface area contributed by atoms with Crippen molar-refractivity contribution in [1.82, 2.24) is 0 Å². The molecule has 0 spiro atoms. The lowest BCUT2D eigenvalue weighted by molar-refractivity contribution is -0.385. The fourth-order valence-electron chi connectivity index (χ4n) is 1.09. The molecule has 1 rings (SSSR count). The van der Waals surface area contributed by atoms with E-state index in [1.807, 2.05) is 0 Å². The van der Waals surface area contributed by atoms with E-state index in [-0.39, 0.29) is 11.3 Å². The normalized spacial score (nSPS) is 11.4. The molecule has 1 unspecified atom stereocenters. The predicted octanol–water partition coefficient (Wildman–Crippen LogP) is 2.54. The van der Waals surface area contributed by atoms with Gasteiger partial charge in [-0.25, -0.2) is 4.79 Å². The molecule has 0 aliphatic rings. The summed E-state index contributed by atoms with van der Waals surface area (Å²) in [6.07, 6.45) is 4.32. The topological polar surface area (TPSA) is 69.4 Å². The number of nitro benzene ring substituents is 1. The number of hydrogen-bond acceptors (Lipinski definition) is 4. The largest absolute Gasteiger partial charge is 0.446 e. The Balaban J connectivity index is 3.10. The molecule has 0 bridgehead atoms. The van der Waals surface area contributed by atoms with Crippen molar-refractivity contribution >= 4 is 27.6 Å². The van der Waals surface area contributed by atoms with Crippen LogP contribution in [0.5, 0.6) is 0 Å². The third kappa shape index (κ3) is 3.29. The number of nitro groups is 1. The van der Waals surface area contributed by atoms with Crippen LogP contribution in [0.1, 0.15) is 17.3 Å². The van der Waals surface area contributed by atoms with Gasteiger partial charge in [0.1, 0.15) is 5.56 Å². The monoisotopic (exact) mass is 297 g/mol. The fraction of sp³-hybridized carbons (Fsp3) is 0.182. The summed E-state index contributed by atoms with van der Waals surface area (Å²) in [5.74, 6) is 1.39. The summed E-state index contributed by atoms with van der Waals surface area (Å²) in [4.78, 5) is 21.7. The summed E-state index contributed by atoms with van der Waals surface area (Å²) >= 11 is 3.09. The summed E-state index contributed by atoms with van der Waals surface area (Å²) < 4.78 is 5.33. The summed E-state index contributed by atoms with van der Waals surface area (Å²) in [5, 5.41) is 10.8. The van der Waals surface area contributed by atoms with E-state index < -0.39 is 17.0 Å². The first-order chi connectivity index (χ1) is 7.95. The van der Waals surface area contributed by atoms with Crippen LogP contribution in [0.2, 0.25) is 0 Å². The maximum Gasteiger partial charge on any atom is 0.346 e. The molecule has 0 aliphatic heterocycles. The maximum atomic E-state index is 11.6. The average Bonchev–Trinajstić information content (AvgIpc) is 2.28. The molecular weight excluding hydrogens is 290 g/mol. The number of ether oxygens (including phenoxy) is 1. The van der Waals surface area contributed by atoms with E-state index in [0.29, 0.717) is 4.47 Å². The molecule has 17 heavy (non-hydrogen) atoms. The first kappa shape index (κ1) is 13.2. The second-order valence-corrected chi connectivity index (χ2v) is 4.05. The van der Waals surface area contributed by atoms with Crippen molar-refractivity contribution < 1.29 is 14.5 Å². The smallest absolute Gasteiger partial charge is 0.346 e. The Kier molecular flexibility index (Phi) is 4.24. The van der Waals surface area contributed by atoms with Crippen molar-refractivity contribution in [3.63, 3.8) is 0 Å². The van der Waals surface area contributed by atoms with Crippen LogP contribution in [-0.4, -0.2) is 17.0 Å². The second-order valence-electron chi connectivity index (χ2n) is 3.13. The molecule has 1 aromatic carbocycles. The number of rotatable bonds is 3. The Hall–Kier alpha value is -1.87. The number of terminal acetylenes is 1. The molecule has 0 saturated heterocycles. The third-order valence-electron chi connectivity index (χ3n) is 1.89. The SMILES string of the molecule is C#CC(C)OC(=O)c1ccc(Br)cc1[N+](=O)[O-]. The van der Waals surface area contributed by atoms with Gasteiger partial charge in [-0.05, 0) is 19.1 Å². The summed E-state index contributed by atoms with van der Waals surface area (Å²) in [6.45, 7) is 1.50. The predicted molar refractivity (Wildman–Crippen MR) is 64.5 cm³/mol. The van der Waals surface area contributed by atoms with Gasteiger partial charge >= 0.3 is 5.97 Å². The van der Waals surface area contributed by atoms with Crippen LogP contribution in [0.3, 0.4) is 0 Å². The molecule has 0 fully saturated rings. The molecule has 5 nitrogen and oxygen atoms in total. The van der Waals surface area contributed by atoms with E-state index in [4.69, 9.17) is 11.2 Å². The number of benzene rings is 1. The van der Waals surface area contributed by atoms with Gasteiger partial charge in [-0.2, -0.15) is 0 Å². The second kappa shape index (κ2) is 5.46. The lowest BCUT2D eigenvalue weighted by atomic mass is 10.2. The van der Waals surface area contributed by atoms with Crippen LogP contribution in [0.15, 0.2) is 22.7 Å². The van der Waals surface area contributed by atoms with Gasteiger partial charge in [0.15, 0.2) is 6.10 Å². The van der Waals surface area contributed by atoms with E-state index in [0.717, 1.165) is 0 Å². The Labute approximate surface area is 106 Å². The van der Waals surface area contributed by atoms with E-state index in [2.05, 4.69) is 21.9 Å². The highest BCUT2D eigenvalue weighted by molar-refractivity contribution is 9.10. The molecule has 0 saturated carbocycles. The van der Waals surface area contributed by atoms with Crippen LogP contribution in [0.4, 0.5) is 5.69 Å². The van der Waals surface area contributed by atoms with Gasteiger partial charge in [0.25, 0.3) is 5.69 Å². The third-order valence-corrected chi connectivity index (χ3v) is 2.39. The van der Waals surface area contributed by atoms with E-state index in [1.54, 1.807) is 0 Å². The molecule has 6 heteroatoms. The highest BCUT2D eigenvalue weighted by Gasteiger charge is 2.22. The van der Waals surface area contributed by atoms with Gasteiger partial charge in [-0.15, -0.1) is 6.42 Å². The zero-order chi connectivity index (χ0) is 13.0. The van der Waals surface area contributed by atoms with Crippen molar-refractivity contribution in [3.8, 4) is 12.3 Å². The van der Waals surface area contributed by atoms with Crippen LogP contribution in [0.25, 0.3) is 0 Å². The fourth-order valence-corrected chi connectivity index (χ4v) is 1.44. The van der Waals surface area contributed by atoms with Crippen molar-refractivity contribution in [3.05, 3.63) is 38.3 Å². The van der Waals surface area contributed by atoms with Crippen LogP contribution < -0.4 is 0 Å². The van der Waals surface area contributed by atoms with Crippen molar-refractivity contribution in [2.24, 2.45) is 0 Å². The Morgan fingerprint density at radius 2 is 2.29 bits per heavy atom. The molecule has 0 aromatic heterocycles. The molecule has 0 aliphatic carbocycles. The standard InChI is InChI=1S/C11H8BrNO4/c1-3-7(2)17-11(14)9-5-4-8(12)6-10(9)13(15)16/h1,4-7H,2H3. The molecule has 1 aromatic rings. The number of carbonyl (C=O) groups is 1. The Morgan fingerprint density at radius 1 is 1.65 bits per heavy atom. The van der Waals surface area contributed by atoms with Gasteiger partial charge in [0.2, 0.25) is 0 Å². The van der Waals surface area contributed by atoms with Crippen LogP contribution in [-0.2, 0) is 4.74 Å². The maximum absolute atomic E-state index is 11.6. The van der Waals surface area contributed by atoms with Crippen molar-refractivity contribution in [1.29, 1.82) is 0 Å². The first-order valence-corrected chi connectivity index (χ1v) is 5.36. The van der Waals surface area contributed by atoms with E-state index in [9.17, 15) is 14.9 Å². The number of carbonyl (C=O) groups excluding carboxylic acids is 1. The minimum absolute atomic E-state index is 0.125. The zero-order valence-corrected chi connectivity index (χ0v) is 10.4. The number of esters is 1. The zero-order valence-electron chi connectivity index (χ0n) is 8.84. The van der Waals surface area contributed by atoms with Crippen LogP contribution >= 0.6 is 15.9 Å². The van der Waals surface area contributed by atoms with Gasteiger partial charge < -0.3 is 4.74 Å². The highest BCUT2D eigenvalue weighted by atomic mass is 79.9. The van der Waals surface area contributed by atoms with Gasteiger partial charge in [0, 0.05) is 10.5 Å². The van der Waals surface area contributed by atoms with Gasteiger partial charge in [-0.1, -0.05) is 21.9 Å². The molecule has 0 radical (unpaired) electrons. The van der Waals surface area contributed by atoms with Gasteiger partial charge in [0.05, 0.1) is 4.92 Å². The lowest BCUT2D eigenvalue weighted by Crippen LogP contribution is -2.14. The molecule has 88 valence electrons. The quantitative estimate of drug-likeness (QED) is 0.372. The molecule has 1 atom stereocenters. The Morgan fingerprint density at radius 3 is 2.82 bits per heavy atom. The minimum Gasteiger partial charge on any atom is -0.446 e. The lowest BCUT2D eigenvalue weighted by Gasteiger charge is -2.07. The number of nitrogens with zero attached hydrogens (tertiary/aromatic N) is 1. The number of halogens is 1.